The molecule has 70 valence electrons. The molecule has 3 aliphatic rings. The van der Waals surface area contributed by atoms with Crippen molar-refractivity contribution in [2.45, 2.75) is 44.9 Å². The summed E-state index contributed by atoms with van der Waals surface area (Å²) in [6, 6.07) is 0. The first kappa shape index (κ1) is 7.78. The smallest absolute Gasteiger partial charge is 0.159 e. The first-order chi connectivity index (χ1) is 6.38. The van der Waals surface area contributed by atoms with Gasteiger partial charge in [-0.3, -0.25) is 4.79 Å². The number of Topliss-reactive ketones (excluding diaryl/α,β-unsaturated/α-hetero) is 1. The van der Waals surface area contributed by atoms with Crippen molar-refractivity contribution >= 4 is 5.78 Å². The van der Waals surface area contributed by atoms with E-state index in [9.17, 15) is 4.79 Å². The highest BCUT2D eigenvalue weighted by Gasteiger charge is 2.44. The maximum Gasteiger partial charge on any atom is 0.159 e. The van der Waals surface area contributed by atoms with Gasteiger partial charge >= 0.3 is 0 Å². The molecule has 1 heteroatoms. The minimum Gasteiger partial charge on any atom is -0.295 e. The van der Waals surface area contributed by atoms with Gasteiger partial charge in [0.2, 0.25) is 0 Å². The van der Waals surface area contributed by atoms with Crippen LogP contribution in [0.5, 0.6) is 0 Å². The van der Waals surface area contributed by atoms with E-state index in [2.05, 4.69) is 0 Å². The summed E-state index contributed by atoms with van der Waals surface area (Å²) in [5.41, 5.74) is 2.86. The number of hydrogen-bond donors (Lipinski definition) is 0. The quantitative estimate of drug-likeness (QED) is 0.554. The Morgan fingerprint density at radius 1 is 0.923 bits per heavy atom. The summed E-state index contributed by atoms with van der Waals surface area (Å²) in [6.45, 7) is 0. The van der Waals surface area contributed by atoms with Crippen LogP contribution in [0.2, 0.25) is 0 Å². The van der Waals surface area contributed by atoms with Gasteiger partial charge in [-0.15, -0.1) is 0 Å². The normalized spacial score (nSPS) is 38.0. The molecule has 0 aromatic rings. The Morgan fingerprint density at radius 3 is 2.54 bits per heavy atom. The molecular formula is C12H16O. The SMILES string of the molecule is O=C1CCCC2=C1C1CCCCC21. The second-order valence-corrected chi connectivity index (χ2v) is 4.71. The summed E-state index contributed by atoms with van der Waals surface area (Å²) in [5, 5.41) is 0. The summed E-state index contributed by atoms with van der Waals surface area (Å²) >= 11 is 0. The van der Waals surface area contributed by atoms with E-state index in [1.165, 1.54) is 37.7 Å². The molecule has 13 heavy (non-hydrogen) atoms. The lowest BCUT2D eigenvalue weighted by atomic mass is 9.57. The van der Waals surface area contributed by atoms with Gasteiger partial charge in [0.15, 0.2) is 5.78 Å². The summed E-state index contributed by atoms with van der Waals surface area (Å²) in [7, 11) is 0. The van der Waals surface area contributed by atoms with E-state index in [1.807, 2.05) is 0 Å². The molecule has 1 saturated carbocycles. The van der Waals surface area contributed by atoms with Crippen LogP contribution in [-0.2, 0) is 4.79 Å². The first-order valence-corrected chi connectivity index (χ1v) is 5.64. The molecule has 0 radical (unpaired) electrons. The summed E-state index contributed by atoms with van der Waals surface area (Å²) < 4.78 is 0. The molecular weight excluding hydrogens is 160 g/mol. The fourth-order valence-corrected chi connectivity index (χ4v) is 3.52. The van der Waals surface area contributed by atoms with E-state index in [-0.39, 0.29) is 0 Å². The van der Waals surface area contributed by atoms with Crippen molar-refractivity contribution in [1.29, 1.82) is 0 Å². The number of hydrogen-bond acceptors (Lipinski definition) is 1. The molecule has 0 aromatic carbocycles. The largest absolute Gasteiger partial charge is 0.295 e. The molecule has 3 rings (SSSR count). The van der Waals surface area contributed by atoms with E-state index < -0.39 is 0 Å². The Morgan fingerprint density at radius 2 is 1.69 bits per heavy atom. The van der Waals surface area contributed by atoms with Gasteiger partial charge in [-0.25, -0.2) is 0 Å². The number of rotatable bonds is 0. The zero-order chi connectivity index (χ0) is 8.84. The average Bonchev–Trinajstić information content (AvgIpc) is 2.14. The topological polar surface area (TPSA) is 17.1 Å². The predicted molar refractivity (Wildman–Crippen MR) is 51.3 cm³/mol. The molecule has 0 bridgehead atoms. The van der Waals surface area contributed by atoms with Crippen LogP contribution in [0.4, 0.5) is 0 Å². The molecule has 2 atom stereocenters. The maximum absolute atomic E-state index is 11.7. The van der Waals surface area contributed by atoms with Crippen molar-refractivity contribution < 1.29 is 4.79 Å². The van der Waals surface area contributed by atoms with Crippen LogP contribution in [0, 0.1) is 11.8 Å². The van der Waals surface area contributed by atoms with Gasteiger partial charge < -0.3 is 0 Å². The Kier molecular flexibility index (Phi) is 1.61. The molecule has 0 aromatic heterocycles. The Labute approximate surface area is 79.2 Å². The maximum atomic E-state index is 11.7. The standard InChI is InChI=1S/C12H16O/c13-11-7-3-6-10-8-4-1-2-5-9(8)12(10)11/h8-9H,1-7H2. The number of allylic oxidation sites excluding steroid dienone is 2. The molecule has 0 aliphatic heterocycles. The van der Waals surface area contributed by atoms with Crippen LogP contribution < -0.4 is 0 Å². The highest BCUT2D eigenvalue weighted by molar-refractivity contribution is 5.99. The highest BCUT2D eigenvalue weighted by Crippen LogP contribution is 2.53. The van der Waals surface area contributed by atoms with E-state index >= 15 is 0 Å². The molecule has 0 N–H and O–H groups in total. The van der Waals surface area contributed by atoms with Gasteiger partial charge in [-0.05, 0) is 43.1 Å². The van der Waals surface area contributed by atoms with Crippen molar-refractivity contribution in [3.05, 3.63) is 11.1 Å². The fourth-order valence-electron chi connectivity index (χ4n) is 3.52. The van der Waals surface area contributed by atoms with Gasteiger partial charge in [0.1, 0.15) is 0 Å². The molecule has 2 unspecified atom stereocenters. The Hall–Kier alpha value is -0.590. The summed E-state index contributed by atoms with van der Waals surface area (Å²) in [4.78, 5) is 11.7. The average molecular weight is 176 g/mol. The number of ketones is 1. The fraction of sp³-hybridized carbons (Fsp3) is 0.750. The lowest BCUT2D eigenvalue weighted by molar-refractivity contribution is -0.117. The summed E-state index contributed by atoms with van der Waals surface area (Å²) in [5.74, 6) is 2.04. The number of carbonyl (C=O) groups excluding carboxylic acids is 1. The van der Waals surface area contributed by atoms with Crippen LogP contribution in [0.25, 0.3) is 0 Å². The van der Waals surface area contributed by atoms with Gasteiger partial charge in [0.05, 0.1) is 0 Å². The van der Waals surface area contributed by atoms with Crippen LogP contribution in [0.1, 0.15) is 44.9 Å². The zero-order valence-electron chi connectivity index (χ0n) is 8.01. The second kappa shape index (κ2) is 2.70. The summed E-state index contributed by atoms with van der Waals surface area (Å²) in [6.07, 6.45) is 8.62. The van der Waals surface area contributed by atoms with Gasteiger partial charge in [0.25, 0.3) is 0 Å². The first-order valence-electron chi connectivity index (χ1n) is 5.64. The molecule has 0 amide bonds. The third-order valence-corrected chi connectivity index (χ3v) is 4.08. The van der Waals surface area contributed by atoms with Crippen LogP contribution >= 0.6 is 0 Å². The zero-order valence-corrected chi connectivity index (χ0v) is 8.01. The second-order valence-electron chi connectivity index (χ2n) is 4.71. The monoisotopic (exact) mass is 176 g/mol. The molecule has 3 aliphatic carbocycles. The third kappa shape index (κ3) is 0.962. The lowest BCUT2D eigenvalue weighted by Gasteiger charge is -2.46. The van der Waals surface area contributed by atoms with E-state index in [0.29, 0.717) is 11.7 Å². The van der Waals surface area contributed by atoms with Gasteiger partial charge in [-0.1, -0.05) is 18.4 Å². The van der Waals surface area contributed by atoms with E-state index in [1.54, 1.807) is 5.57 Å². The Bertz CT molecular complexity index is 287. The molecule has 0 spiro atoms. The molecule has 1 fully saturated rings. The van der Waals surface area contributed by atoms with E-state index in [4.69, 9.17) is 0 Å². The number of fused-ring (bicyclic) bond motifs is 3. The molecule has 0 heterocycles. The van der Waals surface area contributed by atoms with Crippen molar-refractivity contribution in [3.63, 3.8) is 0 Å². The van der Waals surface area contributed by atoms with Gasteiger partial charge in [-0.2, -0.15) is 0 Å². The lowest BCUT2D eigenvalue weighted by Crippen LogP contribution is -2.39. The van der Waals surface area contributed by atoms with Gasteiger partial charge in [0, 0.05) is 6.42 Å². The van der Waals surface area contributed by atoms with Crippen LogP contribution in [0.15, 0.2) is 11.1 Å². The third-order valence-electron chi connectivity index (χ3n) is 4.08. The minimum absolute atomic E-state index is 0.490. The predicted octanol–water partition coefficient (Wildman–Crippen LogP) is 2.86. The van der Waals surface area contributed by atoms with E-state index in [0.717, 1.165) is 18.8 Å². The highest BCUT2D eigenvalue weighted by atomic mass is 16.1. The van der Waals surface area contributed by atoms with Crippen molar-refractivity contribution in [3.8, 4) is 0 Å². The molecule has 0 saturated heterocycles. The van der Waals surface area contributed by atoms with Crippen LogP contribution in [0.3, 0.4) is 0 Å². The molecule has 1 nitrogen and oxygen atoms in total. The number of carbonyl (C=O) groups is 1. The Balaban J connectivity index is 1.94. The minimum atomic E-state index is 0.490. The van der Waals surface area contributed by atoms with Crippen molar-refractivity contribution in [1.82, 2.24) is 0 Å². The van der Waals surface area contributed by atoms with Crippen molar-refractivity contribution in [2.24, 2.45) is 11.8 Å². The van der Waals surface area contributed by atoms with Crippen molar-refractivity contribution in [2.75, 3.05) is 0 Å². The van der Waals surface area contributed by atoms with Crippen LogP contribution in [-0.4, -0.2) is 5.78 Å².